The van der Waals surface area contributed by atoms with E-state index < -0.39 is 5.60 Å². The van der Waals surface area contributed by atoms with Gasteiger partial charge in [-0.25, -0.2) is 0 Å². The van der Waals surface area contributed by atoms with Crippen LogP contribution in [-0.4, -0.2) is 50.1 Å². The van der Waals surface area contributed by atoms with Crippen LogP contribution >= 0.6 is 0 Å². The predicted molar refractivity (Wildman–Crippen MR) is 120 cm³/mol. The monoisotopic (exact) mass is 408 g/mol. The van der Waals surface area contributed by atoms with Crippen molar-refractivity contribution in [2.24, 2.45) is 0 Å². The summed E-state index contributed by atoms with van der Waals surface area (Å²) >= 11 is 0. The van der Waals surface area contributed by atoms with E-state index in [4.69, 9.17) is 9.47 Å². The Morgan fingerprint density at radius 1 is 1.03 bits per heavy atom. The summed E-state index contributed by atoms with van der Waals surface area (Å²) in [5.41, 5.74) is 5.75. The summed E-state index contributed by atoms with van der Waals surface area (Å²) in [6.45, 7) is 12.8. The first-order valence-electron chi connectivity index (χ1n) is 10.6. The number of anilines is 1. The van der Waals surface area contributed by atoms with E-state index in [0.717, 1.165) is 47.8 Å². The number of carbonyl (C=O) groups excluding carboxylic acids is 1. The Kier molecular flexibility index (Phi) is 5.05. The molecule has 160 valence electrons. The molecule has 2 aromatic rings. The molecule has 5 heteroatoms. The first-order chi connectivity index (χ1) is 14.2. The van der Waals surface area contributed by atoms with Crippen LogP contribution in [0.5, 0.6) is 11.5 Å². The molecular formula is C25H32N2O3. The Labute approximate surface area is 179 Å². The molecule has 4 rings (SSSR count). The third-order valence-corrected chi connectivity index (χ3v) is 6.81. The first-order valence-corrected chi connectivity index (χ1v) is 10.6. The van der Waals surface area contributed by atoms with Crippen molar-refractivity contribution in [2.45, 2.75) is 46.3 Å². The van der Waals surface area contributed by atoms with E-state index in [0.29, 0.717) is 0 Å². The average molecular weight is 409 g/mol. The van der Waals surface area contributed by atoms with E-state index in [1.807, 2.05) is 26.0 Å². The van der Waals surface area contributed by atoms with Gasteiger partial charge in [0.25, 0.3) is 0 Å². The van der Waals surface area contributed by atoms with E-state index in [1.165, 1.54) is 16.8 Å². The molecule has 1 unspecified atom stereocenters. The summed E-state index contributed by atoms with van der Waals surface area (Å²) in [6, 6.07) is 8.63. The number of methoxy groups -OCH3 is 1. The number of benzene rings is 2. The lowest BCUT2D eigenvalue weighted by molar-refractivity contribution is 0.0683. The van der Waals surface area contributed by atoms with Gasteiger partial charge in [-0.15, -0.1) is 0 Å². The average Bonchev–Trinajstić information content (AvgIpc) is 2.97. The summed E-state index contributed by atoms with van der Waals surface area (Å²) < 4.78 is 11.4. The fourth-order valence-electron chi connectivity index (χ4n) is 4.85. The number of likely N-dealkylation sites (N-methyl/N-ethyl adjacent to an activating group) is 1. The second kappa shape index (κ2) is 7.31. The van der Waals surface area contributed by atoms with Crippen LogP contribution in [0.2, 0.25) is 0 Å². The molecule has 0 amide bonds. The zero-order chi connectivity index (χ0) is 21.8. The van der Waals surface area contributed by atoms with Gasteiger partial charge in [0.15, 0.2) is 5.60 Å². The summed E-state index contributed by atoms with van der Waals surface area (Å²) in [7, 11) is 3.87. The normalized spacial score (nSPS) is 20.8. The van der Waals surface area contributed by atoms with Gasteiger partial charge < -0.3 is 14.4 Å². The van der Waals surface area contributed by atoms with Crippen molar-refractivity contribution in [3.8, 4) is 11.5 Å². The number of nitrogens with zero attached hydrogens (tertiary/aromatic N) is 2. The summed E-state index contributed by atoms with van der Waals surface area (Å²) in [4.78, 5) is 17.9. The van der Waals surface area contributed by atoms with Crippen LogP contribution in [0.15, 0.2) is 24.3 Å². The number of carbonyl (C=O) groups is 1. The molecule has 0 spiro atoms. The molecule has 5 nitrogen and oxygen atoms in total. The molecular weight excluding hydrogens is 376 g/mol. The molecule has 0 bridgehead atoms. The van der Waals surface area contributed by atoms with Gasteiger partial charge in [-0.3, -0.25) is 9.69 Å². The topological polar surface area (TPSA) is 42.0 Å². The van der Waals surface area contributed by atoms with E-state index in [2.05, 4.69) is 49.8 Å². The van der Waals surface area contributed by atoms with Gasteiger partial charge in [0.05, 0.1) is 18.7 Å². The Morgan fingerprint density at radius 2 is 1.70 bits per heavy atom. The molecule has 0 saturated carbocycles. The van der Waals surface area contributed by atoms with Crippen LogP contribution in [-0.2, 0) is 0 Å². The van der Waals surface area contributed by atoms with E-state index >= 15 is 0 Å². The Morgan fingerprint density at radius 3 is 2.33 bits per heavy atom. The number of Topliss-reactive ketones (excluding diaryl/α,β-unsaturated/α-hetero) is 1. The van der Waals surface area contributed by atoms with Crippen molar-refractivity contribution in [3.05, 3.63) is 52.1 Å². The largest absolute Gasteiger partial charge is 0.497 e. The molecule has 1 fully saturated rings. The van der Waals surface area contributed by atoms with Crippen LogP contribution in [0.3, 0.4) is 0 Å². The number of hydrogen-bond acceptors (Lipinski definition) is 5. The van der Waals surface area contributed by atoms with Gasteiger partial charge >= 0.3 is 0 Å². The molecule has 1 atom stereocenters. The third kappa shape index (κ3) is 3.16. The number of fused-ring (bicyclic) bond motifs is 1. The standard InChI is InChI=1S/C25H32N2O3/c1-15-16(2)23-21(24(28)25(4,5)30-23)17(3)22(15)27-13-12-26(6)20(14-27)18-8-10-19(29-7)11-9-18/h8-11,20H,12-14H2,1-7H3. The summed E-state index contributed by atoms with van der Waals surface area (Å²) in [6.07, 6.45) is 0. The Hall–Kier alpha value is -2.53. The highest BCUT2D eigenvalue weighted by atomic mass is 16.5. The molecule has 1 saturated heterocycles. The van der Waals surface area contributed by atoms with Crippen LogP contribution in [0.1, 0.15) is 52.5 Å². The minimum Gasteiger partial charge on any atom is -0.497 e. The van der Waals surface area contributed by atoms with Crippen molar-refractivity contribution in [3.63, 3.8) is 0 Å². The van der Waals surface area contributed by atoms with E-state index in [-0.39, 0.29) is 11.8 Å². The second-order valence-corrected chi connectivity index (χ2v) is 9.08. The Balaban J connectivity index is 1.73. The molecule has 2 heterocycles. The highest BCUT2D eigenvalue weighted by Crippen LogP contribution is 2.46. The predicted octanol–water partition coefficient (Wildman–Crippen LogP) is 4.47. The lowest BCUT2D eigenvalue weighted by Crippen LogP contribution is -2.47. The molecule has 0 radical (unpaired) electrons. The van der Waals surface area contributed by atoms with Gasteiger partial charge in [-0.2, -0.15) is 0 Å². The molecule has 2 aliphatic rings. The van der Waals surface area contributed by atoms with Crippen LogP contribution < -0.4 is 14.4 Å². The highest BCUT2D eigenvalue weighted by molar-refractivity contribution is 6.09. The number of ether oxygens (including phenoxy) is 2. The zero-order valence-electron chi connectivity index (χ0n) is 19.1. The highest BCUT2D eigenvalue weighted by Gasteiger charge is 2.43. The van der Waals surface area contributed by atoms with Crippen molar-refractivity contribution < 1.29 is 14.3 Å². The molecule has 30 heavy (non-hydrogen) atoms. The number of piperazine rings is 1. The SMILES string of the molecule is COc1ccc(C2CN(c3c(C)c(C)c4c(c3C)C(=O)C(C)(C)O4)CCN2C)cc1. The van der Waals surface area contributed by atoms with Crippen molar-refractivity contribution in [1.29, 1.82) is 0 Å². The van der Waals surface area contributed by atoms with Gasteiger partial charge in [0, 0.05) is 25.3 Å². The fraction of sp³-hybridized carbons (Fsp3) is 0.480. The van der Waals surface area contributed by atoms with Crippen molar-refractivity contribution in [2.75, 3.05) is 38.7 Å². The van der Waals surface area contributed by atoms with Crippen molar-refractivity contribution >= 4 is 11.5 Å². The minimum absolute atomic E-state index is 0.0835. The summed E-state index contributed by atoms with van der Waals surface area (Å²) in [5.74, 6) is 1.72. The summed E-state index contributed by atoms with van der Waals surface area (Å²) in [5, 5.41) is 0. The molecule has 0 aromatic heterocycles. The number of hydrogen-bond donors (Lipinski definition) is 0. The van der Waals surface area contributed by atoms with Gasteiger partial charge in [-0.1, -0.05) is 12.1 Å². The quantitative estimate of drug-likeness (QED) is 0.750. The third-order valence-electron chi connectivity index (χ3n) is 6.81. The van der Waals surface area contributed by atoms with Gasteiger partial charge in [0.2, 0.25) is 5.78 Å². The maximum Gasteiger partial charge on any atom is 0.209 e. The van der Waals surface area contributed by atoms with Crippen molar-refractivity contribution in [1.82, 2.24) is 4.90 Å². The van der Waals surface area contributed by atoms with Crippen LogP contribution in [0.25, 0.3) is 0 Å². The maximum atomic E-state index is 13.1. The second-order valence-electron chi connectivity index (χ2n) is 9.08. The lowest BCUT2D eigenvalue weighted by atomic mass is 9.90. The fourth-order valence-corrected chi connectivity index (χ4v) is 4.85. The number of rotatable bonds is 3. The number of ketones is 1. The first kappa shape index (κ1) is 20.7. The van der Waals surface area contributed by atoms with Gasteiger partial charge in [0.1, 0.15) is 11.5 Å². The van der Waals surface area contributed by atoms with Crippen LogP contribution in [0.4, 0.5) is 5.69 Å². The molecule has 2 aliphatic heterocycles. The Bertz CT molecular complexity index is 995. The zero-order valence-corrected chi connectivity index (χ0v) is 19.1. The minimum atomic E-state index is -0.795. The molecule has 0 N–H and O–H groups in total. The smallest absolute Gasteiger partial charge is 0.209 e. The van der Waals surface area contributed by atoms with Crippen LogP contribution in [0, 0.1) is 20.8 Å². The van der Waals surface area contributed by atoms with E-state index in [9.17, 15) is 4.79 Å². The lowest BCUT2D eigenvalue weighted by Gasteiger charge is -2.42. The molecule has 2 aromatic carbocycles. The van der Waals surface area contributed by atoms with Gasteiger partial charge in [-0.05, 0) is 76.1 Å². The van der Waals surface area contributed by atoms with E-state index in [1.54, 1.807) is 7.11 Å². The maximum absolute atomic E-state index is 13.1. The molecule has 0 aliphatic carbocycles.